The fourth-order valence-corrected chi connectivity index (χ4v) is 1.91. The number of nitrogens with one attached hydrogen (secondary N) is 1. The first-order valence-electron chi connectivity index (χ1n) is 6.78. The van der Waals surface area contributed by atoms with Crippen molar-refractivity contribution >= 4 is 0 Å². The monoisotopic (exact) mass is 267 g/mol. The summed E-state index contributed by atoms with van der Waals surface area (Å²) in [6.07, 6.45) is -0.189. The van der Waals surface area contributed by atoms with Crippen molar-refractivity contribution in [1.29, 1.82) is 0 Å². The molecule has 0 unspecified atom stereocenters. The van der Waals surface area contributed by atoms with E-state index in [4.69, 9.17) is 14.2 Å². The highest BCUT2D eigenvalue weighted by Gasteiger charge is 2.08. The maximum atomic E-state index is 5.48. The van der Waals surface area contributed by atoms with Crippen molar-refractivity contribution in [3.8, 4) is 5.75 Å². The fourth-order valence-electron chi connectivity index (χ4n) is 1.91. The number of aryl methyl sites for hydroxylation is 1. The van der Waals surface area contributed by atoms with Crippen molar-refractivity contribution in [3.05, 3.63) is 29.3 Å². The van der Waals surface area contributed by atoms with E-state index in [0.29, 0.717) is 19.8 Å². The molecule has 0 saturated heterocycles. The lowest BCUT2D eigenvalue weighted by Crippen LogP contribution is -2.31. The number of hydrogen-bond donors (Lipinski definition) is 1. The van der Waals surface area contributed by atoms with E-state index < -0.39 is 0 Å². The van der Waals surface area contributed by atoms with E-state index in [1.807, 2.05) is 26.0 Å². The lowest BCUT2D eigenvalue weighted by Gasteiger charge is -2.18. The lowest BCUT2D eigenvalue weighted by atomic mass is 10.1. The standard InChI is InChI=1S/C15H25NO3/c1-5-18-15(19-6-2)11-16-10-13-9-12(3)7-8-14(13)17-4/h7-9,15-16H,5-6,10-11H2,1-4H3. The normalized spacial score (nSPS) is 11.0. The minimum atomic E-state index is -0.189. The van der Waals surface area contributed by atoms with Gasteiger partial charge in [0.25, 0.3) is 0 Å². The van der Waals surface area contributed by atoms with Gasteiger partial charge in [0.2, 0.25) is 0 Å². The Hall–Kier alpha value is -1.10. The molecule has 0 aliphatic rings. The molecule has 0 fully saturated rings. The summed E-state index contributed by atoms with van der Waals surface area (Å²) in [5.41, 5.74) is 2.37. The molecule has 0 bridgehead atoms. The first-order valence-corrected chi connectivity index (χ1v) is 6.78. The summed E-state index contributed by atoms with van der Waals surface area (Å²) in [7, 11) is 1.69. The minimum Gasteiger partial charge on any atom is -0.496 e. The Labute approximate surface area is 116 Å². The molecule has 0 aliphatic heterocycles. The summed E-state index contributed by atoms with van der Waals surface area (Å²) in [4.78, 5) is 0. The highest BCUT2D eigenvalue weighted by Crippen LogP contribution is 2.19. The third-order valence-corrected chi connectivity index (χ3v) is 2.77. The second kappa shape index (κ2) is 8.91. The molecule has 1 aromatic carbocycles. The third-order valence-electron chi connectivity index (χ3n) is 2.77. The van der Waals surface area contributed by atoms with Crippen molar-refractivity contribution in [2.45, 2.75) is 33.6 Å². The molecule has 0 saturated carbocycles. The third kappa shape index (κ3) is 5.59. The van der Waals surface area contributed by atoms with Crippen LogP contribution in [0.1, 0.15) is 25.0 Å². The molecule has 0 heterocycles. The van der Waals surface area contributed by atoms with Crippen LogP contribution >= 0.6 is 0 Å². The predicted octanol–water partition coefficient (Wildman–Crippen LogP) is 2.49. The highest BCUT2D eigenvalue weighted by atomic mass is 16.7. The topological polar surface area (TPSA) is 39.7 Å². The zero-order valence-electron chi connectivity index (χ0n) is 12.4. The van der Waals surface area contributed by atoms with Crippen molar-refractivity contribution < 1.29 is 14.2 Å². The van der Waals surface area contributed by atoms with Gasteiger partial charge in [-0.3, -0.25) is 0 Å². The Kier molecular flexibility index (Phi) is 7.48. The van der Waals surface area contributed by atoms with Gasteiger partial charge < -0.3 is 19.5 Å². The summed E-state index contributed by atoms with van der Waals surface area (Å²) in [5, 5.41) is 3.34. The molecule has 0 atom stereocenters. The van der Waals surface area contributed by atoms with Gasteiger partial charge in [0.1, 0.15) is 5.75 Å². The molecular formula is C15H25NO3. The van der Waals surface area contributed by atoms with Gasteiger partial charge in [0, 0.05) is 31.9 Å². The average molecular weight is 267 g/mol. The predicted molar refractivity (Wildman–Crippen MR) is 76.5 cm³/mol. The van der Waals surface area contributed by atoms with Crippen molar-refractivity contribution in [2.24, 2.45) is 0 Å². The van der Waals surface area contributed by atoms with E-state index in [1.54, 1.807) is 7.11 Å². The average Bonchev–Trinajstić information content (AvgIpc) is 2.39. The molecule has 19 heavy (non-hydrogen) atoms. The van der Waals surface area contributed by atoms with Crippen molar-refractivity contribution in [2.75, 3.05) is 26.9 Å². The van der Waals surface area contributed by atoms with Crippen LogP contribution in [0.3, 0.4) is 0 Å². The first-order chi connectivity index (χ1) is 9.21. The minimum absolute atomic E-state index is 0.189. The van der Waals surface area contributed by atoms with Crippen LogP contribution in [0.4, 0.5) is 0 Å². The summed E-state index contributed by atoms with van der Waals surface area (Å²) in [6.45, 7) is 8.72. The maximum absolute atomic E-state index is 5.48. The second-order valence-corrected chi connectivity index (χ2v) is 4.29. The summed E-state index contributed by atoms with van der Waals surface area (Å²) < 4.78 is 16.3. The lowest BCUT2D eigenvalue weighted by molar-refractivity contribution is -0.133. The van der Waals surface area contributed by atoms with Gasteiger partial charge in [-0.25, -0.2) is 0 Å². The van der Waals surface area contributed by atoms with Gasteiger partial charge in [-0.2, -0.15) is 0 Å². The van der Waals surface area contributed by atoms with Crippen LogP contribution in [0.5, 0.6) is 5.75 Å². The number of ether oxygens (including phenoxy) is 3. The van der Waals surface area contributed by atoms with E-state index in [1.165, 1.54) is 5.56 Å². The zero-order chi connectivity index (χ0) is 14.1. The van der Waals surface area contributed by atoms with Crippen LogP contribution in [0, 0.1) is 6.92 Å². The fraction of sp³-hybridized carbons (Fsp3) is 0.600. The van der Waals surface area contributed by atoms with Gasteiger partial charge >= 0.3 is 0 Å². The number of rotatable bonds is 9. The molecule has 1 aromatic rings. The van der Waals surface area contributed by atoms with Crippen LogP contribution in [0.15, 0.2) is 18.2 Å². The van der Waals surface area contributed by atoms with E-state index in [9.17, 15) is 0 Å². The van der Waals surface area contributed by atoms with Crippen molar-refractivity contribution in [1.82, 2.24) is 5.32 Å². The largest absolute Gasteiger partial charge is 0.496 e. The van der Waals surface area contributed by atoms with Crippen LogP contribution < -0.4 is 10.1 Å². The molecule has 0 radical (unpaired) electrons. The molecule has 1 N–H and O–H groups in total. The molecule has 4 heteroatoms. The molecule has 0 spiro atoms. The quantitative estimate of drug-likeness (QED) is 0.698. The van der Waals surface area contributed by atoms with Crippen LogP contribution in [-0.4, -0.2) is 33.2 Å². The van der Waals surface area contributed by atoms with Gasteiger partial charge in [-0.15, -0.1) is 0 Å². The summed E-state index contributed by atoms with van der Waals surface area (Å²) in [5.74, 6) is 0.905. The summed E-state index contributed by atoms with van der Waals surface area (Å²) >= 11 is 0. The van der Waals surface area contributed by atoms with E-state index in [-0.39, 0.29) is 6.29 Å². The molecule has 0 aliphatic carbocycles. The Morgan fingerprint density at radius 2 is 1.84 bits per heavy atom. The number of benzene rings is 1. The molecule has 4 nitrogen and oxygen atoms in total. The van der Waals surface area contributed by atoms with Gasteiger partial charge in [0.05, 0.1) is 7.11 Å². The van der Waals surface area contributed by atoms with Crippen molar-refractivity contribution in [3.63, 3.8) is 0 Å². The van der Waals surface area contributed by atoms with Crippen LogP contribution in [0.25, 0.3) is 0 Å². The van der Waals surface area contributed by atoms with E-state index in [0.717, 1.165) is 17.9 Å². The SMILES string of the molecule is CCOC(CNCc1cc(C)ccc1OC)OCC. The first kappa shape index (κ1) is 16.0. The Bertz CT molecular complexity index is 362. The Morgan fingerprint density at radius 1 is 1.16 bits per heavy atom. The molecule has 1 rings (SSSR count). The Balaban J connectivity index is 2.49. The smallest absolute Gasteiger partial charge is 0.169 e. The van der Waals surface area contributed by atoms with E-state index >= 15 is 0 Å². The Morgan fingerprint density at radius 3 is 2.42 bits per heavy atom. The van der Waals surface area contributed by atoms with E-state index in [2.05, 4.69) is 18.3 Å². The second-order valence-electron chi connectivity index (χ2n) is 4.29. The molecule has 108 valence electrons. The number of hydrogen-bond acceptors (Lipinski definition) is 4. The maximum Gasteiger partial charge on any atom is 0.169 e. The molecule has 0 aromatic heterocycles. The van der Waals surface area contributed by atoms with Crippen LogP contribution in [-0.2, 0) is 16.0 Å². The van der Waals surface area contributed by atoms with Gasteiger partial charge in [0.15, 0.2) is 6.29 Å². The molecular weight excluding hydrogens is 242 g/mol. The van der Waals surface area contributed by atoms with Gasteiger partial charge in [-0.1, -0.05) is 17.7 Å². The zero-order valence-corrected chi connectivity index (χ0v) is 12.4. The molecule has 0 amide bonds. The number of methoxy groups -OCH3 is 1. The summed E-state index contributed by atoms with van der Waals surface area (Å²) in [6, 6.07) is 6.17. The highest BCUT2D eigenvalue weighted by molar-refractivity contribution is 5.36. The van der Waals surface area contributed by atoms with Crippen LogP contribution in [0.2, 0.25) is 0 Å². The van der Waals surface area contributed by atoms with Gasteiger partial charge in [-0.05, 0) is 26.8 Å².